The number of aliphatic carboxylic acids is 1. The summed E-state index contributed by atoms with van der Waals surface area (Å²) in [6.45, 7) is 10.0. The number of fused-ring (bicyclic) bond motifs is 1. The molecule has 6 heteroatoms. The van der Waals surface area contributed by atoms with Crippen molar-refractivity contribution in [3.05, 3.63) is 105 Å². The average molecular weight is 502 g/mol. The van der Waals surface area contributed by atoms with Gasteiger partial charge in [-0.15, -0.1) is 0 Å². The summed E-state index contributed by atoms with van der Waals surface area (Å²) in [5, 5.41) is 10.2. The van der Waals surface area contributed by atoms with Crippen molar-refractivity contribution in [3.8, 4) is 0 Å². The SMILES string of the molecule is Cc1c(/C=C/c2ccccc2)c([C@H](OC(C)(C)C)C(=O)O)c(C)c2c1CN(C(=O)c1cccc(F)c1)C2. The lowest BCUT2D eigenvalue weighted by atomic mass is 9.85. The molecular formula is C31H32FNO4. The lowest BCUT2D eigenvalue weighted by Crippen LogP contribution is -2.29. The van der Waals surface area contributed by atoms with Crippen LogP contribution in [0.5, 0.6) is 0 Å². The van der Waals surface area contributed by atoms with Gasteiger partial charge < -0.3 is 14.7 Å². The fraction of sp³-hybridized carbons (Fsp3) is 0.290. The number of halogens is 1. The highest BCUT2D eigenvalue weighted by atomic mass is 19.1. The van der Waals surface area contributed by atoms with E-state index < -0.39 is 23.5 Å². The number of carbonyl (C=O) groups is 2. The van der Waals surface area contributed by atoms with Crippen LogP contribution < -0.4 is 0 Å². The predicted molar refractivity (Wildman–Crippen MR) is 142 cm³/mol. The van der Waals surface area contributed by atoms with Gasteiger partial charge in [0.1, 0.15) is 5.82 Å². The summed E-state index contributed by atoms with van der Waals surface area (Å²) in [5.74, 6) is -1.80. The van der Waals surface area contributed by atoms with Gasteiger partial charge in [0.15, 0.2) is 6.10 Å². The molecule has 0 saturated carbocycles. The van der Waals surface area contributed by atoms with Gasteiger partial charge in [-0.3, -0.25) is 4.79 Å². The molecule has 192 valence electrons. The van der Waals surface area contributed by atoms with E-state index in [9.17, 15) is 19.1 Å². The monoisotopic (exact) mass is 501 g/mol. The second kappa shape index (κ2) is 10.3. The smallest absolute Gasteiger partial charge is 0.337 e. The maximum Gasteiger partial charge on any atom is 0.337 e. The standard InChI is InChI=1S/C31H32FNO4/c1-19-24(15-14-21-10-7-6-8-11-21)27(28(30(35)36)37-31(3,4)5)20(2)26-18-33(17-25(19)26)29(34)22-12-9-13-23(32)16-22/h6-16,28H,17-18H2,1-5H3,(H,35,36)/b15-14+/t28-/m0/s1. The normalized spacial score (nSPS) is 14.2. The molecule has 0 bridgehead atoms. The van der Waals surface area contributed by atoms with Crippen molar-refractivity contribution in [1.82, 2.24) is 4.90 Å². The van der Waals surface area contributed by atoms with Crippen LogP contribution in [0.25, 0.3) is 12.2 Å². The van der Waals surface area contributed by atoms with E-state index in [2.05, 4.69) is 0 Å². The third kappa shape index (κ3) is 5.65. The van der Waals surface area contributed by atoms with E-state index in [1.807, 2.05) is 77.1 Å². The number of rotatable bonds is 6. The third-order valence-corrected chi connectivity index (χ3v) is 6.62. The molecular weight excluding hydrogens is 469 g/mol. The van der Waals surface area contributed by atoms with Crippen LogP contribution in [0.4, 0.5) is 4.39 Å². The van der Waals surface area contributed by atoms with Crippen LogP contribution in [0.15, 0.2) is 54.6 Å². The molecule has 0 fully saturated rings. The topological polar surface area (TPSA) is 66.8 Å². The Morgan fingerprint density at radius 1 is 0.973 bits per heavy atom. The molecule has 3 aromatic rings. The molecule has 1 aliphatic rings. The minimum atomic E-state index is -1.19. The zero-order valence-corrected chi connectivity index (χ0v) is 21.8. The maximum absolute atomic E-state index is 13.8. The first-order valence-corrected chi connectivity index (χ1v) is 12.3. The molecule has 1 amide bonds. The molecule has 0 saturated heterocycles. The summed E-state index contributed by atoms with van der Waals surface area (Å²) < 4.78 is 19.9. The zero-order chi connectivity index (χ0) is 26.9. The fourth-order valence-electron chi connectivity index (χ4n) is 4.88. The fourth-order valence-corrected chi connectivity index (χ4v) is 4.88. The number of benzene rings is 3. The Hall–Kier alpha value is -3.77. The van der Waals surface area contributed by atoms with Crippen molar-refractivity contribution < 1.29 is 23.8 Å². The second-order valence-electron chi connectivity index (χ2n) is 10.4. The van der Waals surface area contributed by atoms with Crippen molar-refractivity contribution in [1.29, 1.82) is 0 Å². The largest absolute Gasteiger partial charge is 0.479 e. The first-order valence-electron chi connectivity index (χ1n) is 12.3. The first kappa shape index (κ1) is 26.3. The molecule has 37 heavy (non-hydrogen) atoms. The molecule has 0 aliphatic carbocycles. The van der Waals surface area contributed by atoms with Crippen molar-refractivity contribution in [2.24, 2.45) is 0 Å². The first-order chi connectivity index (χ1) is 17.5. The predicted octanol–water partition coefficient (Wildman–Crippen LogP) is 6.71. The summed E-state index contributed by atoms with van der Waals surface area (Å²) in [6.07, 6.45) is 2.71. The molecule has 0 aromatic heterocycles. The number of carbonyl (C=O) groups excluding carboxylic acids is 1. The molecule has 1 aliphatic heterocycles. The number of carboxylic acid groups (broad SMARTS) is 1. The number of hydrogen-bond acceptors (Lipinski definition) is 3. The number of nitrogens with zero attached hydrogens (tertiary/aromatic N) is 1. The molecule has 1 heterocycles. The Balaban J connectivity index is 1.84. The third-order valence-electron chi connectivity index (χ3n) is 6.62. The van der Waals surface area contributed by atoms with Gasteiger partial charge in [0.05, 0.1) is 5.60 Å². The van der Waals surface area contributed by atoms with E-state index in [1.165, 1.54) is 18.2 Å². The quantitative estimate of drug-likeness (QED) is 0.381. The van der Waals surface area contributed by atoms with Gasteiger partial charge in [-0.25, -0.2) is 9.18 Å². The minimum absolute atomic E-state index is 0.266. The summed E-state index contributed by atoms with van der Waals surface area (Å²) in [6, 6.07) is 15.5. The summed E-state index contributed by atoms with van der Waals surface area (Å²) in [7, 11) is 0. The maximum atomic E-state index is 13.8. The Morgan fingerprint density at radius 2 is 1.62 bits per heavy atom. The van der Waals surface area contributed by atoms with E-state index in [4.69, 9.17) is 4.74 Å². The lowest BCUT2D eigenvalue weighted by Gasteiger charge is -2.29. The Bertz CT molecular complexity index is 1370. The highest BCUT2D eigenvalue weighted by Crippen LogP contribution is 2.40. The van der Waals surface area contributed by atoms with Crippen LogP contribution in [-0.4, -0.2) is 27.5 Å². The van der Waals surface area contributed by atoms with Crippen LogP contribution in [-0.2, 0) is 22.6 Å². The second-order valence-corrected chi connectivity index (χ2v) is 10.4. The molecule has 0 radical (unpaired) electrons. The molecule has 3 aromatic carbocycles. The molecule has 1 N–H and O–H groups in total. The van der Waals surface area contributed by atoms with Crippen LogP contribution in [0.1, 0.15) is 76.2 Å². The van der Waals surface area contributed by atoms with E-state index in [1.54, 1.807) is 11.0 Å². The van der Waals surface area contributed by atoms with E-state index in [-0.39, 0.29) is 11.5 Å². The Kier molecular flexibility index (Phi) is 7.32. The molecule has 4 rings (SSSR count). The van der Waals surface area contributed by atoms with Gasteiger partial charge in [0.2, 0.25) is 0 Å². The molecule has 1 atom stereocenters. The number of amides is 1. The molecule has 0 spiro atoms. The van der Waals surface area contributed by atoms with Gasteiger partial charge in [0, 0.05) is 24.2 Å². The van der Waals surface area contributed by atoms with Gasteiger partial charge in [-0.1, -0.05) is 48.6 Å². The number of carboxylic acids is 1. The van der Waals surface area contributed by atoms with Crippen molar-refractivity contribution in [2.45, 2.75) is 59.4 Å². The Morgan fingerprint density at radius 3 is 2.22 bits per heavy atom. The summed E-state index contributed by atoms with van der Waals surface area (Å²) >= 11 is 0. The van der Waals surface area contributed by atoms with Crippen molar-refractivity contribution in [2.75, 3.05) is 0 Å². The molecule has 0 unspecified atom stereocenters. The minimum Gasteiger partial charge on any atom is -0.479 e. The van der Waals surface area contributed by atoms with Crippen LogP contribution in [0.3, 0.4) is 0 Å². The van der Waals surface area contributed by atoms with Crippen molar-refractivity contribution in [3.63, 3.8) is 0 Å². The Labute approximate surface area is 217 Å². The van der Waals surface area contributed by atoms with E-state index in [0.717, 1.165) is 33.4 Å². The number of ether oxygens (including phenoxy) is 1. The lowest BCUT2D eigenvalue weighted by molar-refractivity contribution is -0.160. The highest BCUT2D eigenvalue weighted by molar-refractivity contribution is 5.95. The average Bonchev–Trinajstić information content (AvgIpc) is 3.30. The van der Waals surface area contributed by atoms with Crippen LogP contribution in [0.2, 0.25) is 0 Å². The highest BCUT2D eigenvalue weighted by Gasteiger charge is 2.35. The van der Waals surface area contributed by atoms with E-state index in [0.29, 0.717) is 18.7 Å². The van der Waals surface area contributed by atoms with Gasteiger partial charge in [-0.05, 0) is 86.2 Å². The summed E-state index contributed by atoms with van der Waals surface area (Å²) in [5.41, 5.74) is 5.53. The molecule has 5 nitrogen and oxygen atoms in total. The summed E-state index contributed by atoms with van der Waals surface area (Å²) in [4.78, 5) is 27.4. The van der Waals surface area contributed by atoms with Crippen molar-refractivity contribution >= 4 is 24.0 Å². The zero-order valence-electron chi connectivity index (χ0n) is 21.8. The number of hydrogen-bond donors (Lipinski definition) is 1. The van der Waals surface area contributed by atoms with Crippen LogP contribution in [0, 0.1) is 19.7 Å². The van der Waals surface area contributed by atoms with Gasteiger partial charge in [0.25, 0.3) is 5.91 Å². The van der Waals surface area contributed by atoms with Gasteiger partial charge >= 0.3 is 5.97 Å². The van der Waals surface area contributed by atoms with Crippen LogP contribution >= 0.6 is 0 Å². The van der Waals surface area contributed by atoms with E-state index >= 15 is 0 Å². The van der Waals surface area contributed by atoms with Gasteiger partial charge in [-0.2, -0.15) is 0 Å².